The Balaban J connectivity index is 1.00. The van der Waals surface area contributed by atoms with E-state index in [1.807, 2.05) is 0 Å². The highest BCUT2D eigenvalue weighted by Crippen LogP contribution is 2.55. The monoisotopic (exact) mass is 1240 g/mol. The standard InChI is InChI=1S/C94H80N2/c1-91(2,3)67-39-33-57(34-40-67)65-51-73(59-25-17-13-18-26-59)83(74(52-65)60-27-19-14-20-28-60)63-37-47-79-77(49-63)87-85-71-45-43-70(94(10,11)12)56-82(71)96-80-48-38-64(50-78(80)88(90(85)96)86-72-46-44-69(93(7,8)9)55-81(72)95(79)89(86)87)84-75(61-29-21-15-22-30-61)53-66(54-76(84)62-31-23-16-24-32-62)58-35-41-68(42-36-58)92(4,5)6/h13-56H,1-12H3. The molecule has 0 radical (unpaired) electrons. The largest absolute Gasteiger partial charge is 0.308 e. The van der Waals surface area contributed by atoms with Crippen molar-refractivity contribution in [3.8, 4) is 89.0 Å². The zero-order valence-electron chi connectivity index (χ0n) is 57.3. The molecule has 17 aromatic rings. The zero-order valence-corrected chi connectivity index (χ0v) is 57.3. The number of nitrogens with zero attached hydrogens (tertiary/aromatic N) is 2. The molecular formula is C94H80N2. The van der Waals surface area contributed by atoms with E-state index in [0.717, 1.165) is 0 Å². The highest BCUT2D eigenvalue weighted by molar-refractivity contribution is 6.45. The van der Waals surface area contributed by atoms with Crippen LogP contribution in [-0.2, 0) is 21.7 Å². The number of fused-ring (bicyclic) bond motifs is 14. The third kappa shape index (κ3) is 9.42. The summed E-state index contributed by atoms with van der Waals surface area (Å²) < 4.78 is 5.32. The molecule has 17 rings (SSSR count). The highest BCUT2D eigenvalue weighted by atomic mass is 14.9. The lowest BCUT2D eigenvalue weighted by Gasteiger charge is -2.21. The Labute approximate surface area is 564 Å². The fourth-order valence-electron chi connectivity index (χ4n) is 15.9. The fraction of sp³-hybridized carbons (Fsp3) is 0.170. The summed E-state index contributed by atoms with van der Waals surface area (Å²) in [5.41, 5.74) is 31.9. The van der Waals surface area contributed by atoms with Crippen LogP contribution in [0.25, 0.3) is 165 Å². The normalized spacial score (nSPS) is 12.8. The van der Waals surface area contributed by atoms with Gasteiger partial charge in [0, 0.05) is 43.1 Å². The first-order valence-electron chi connectivity index (χ1n) is 34.4. The van der Waals surface area contributed by atoms with Gasteiger partial charge in [0.2, 0.25) is 0 Å². The van der Waals surface area contributed by atoms with Crippen LogP contribution in [0.4, 0.5) is 0 Å². The molecule has 0 unspecified atom stereocenters. The molecule has 4 heterocycles. The molecule has 2 heteroatoms. The quantitative estimate of drug-likeness (QED) is 0.143. The molecular weight excluding hydrogens is 1160 g/mol. The SMILES string of the molecule is CC(C)(C)c1ccc(-c2cc(-c3ccccc3)c(-c3ccc4c(c3)c3c5c6ccc(C(C)(C)C)cc6n6c7ccc(-c8c(-c9ccccc9)cc(-c9ccc(C(C)(C)C)cc9)cc8-c8ccccc8)cc7c(c7c8ccc(C(C)(C)C)cc8n4c37)c56)c(-c3ccccc3)c2)cc1. The molecule has 0 aliphatic carbocycles. The van der Waals surface area contributed by atoms with Crippen molar-refractivity contribution in [3.05, 3.63) is 289 Å². The van der Waals surface area contributed by atoms with E-state index in [1.165, 1.54) is 187 Å². The maximum atomic E-state index is 2.66. The predicted octanol–water partition coefficient (Wildman–Crippen LogP) is 26.5. The van der Waals surface area contributed by atoms with Gasteiger partial charge in [-0.15, -0.1) is 0 Å². The minimum Gasteiger partial charge on any atom is -0.308 e. The van der Waals surface area contributed by atoms with E-state index < -0.39 is 0 Å². The van der Waals surface area contributed by atoms with Crippen LogP contribution in [0.15, 0.2) is 267 Å². The third-order valence-electron chi connectivity index (χ3n) is 21.0. The van der Waals surface area contributed by atoms with E-state index >= 15 is 0 Å². The molecule has 0 aliphatic rings. The number of benzene rings is 13. The maximum Gasteiger partial charge on any atom is 0.0634 e. The Hall–Kier alpha value is -10.5. The summed E-state index contributed by atoms with van der Waals surface area (Å²) >= 11 is 0. The lowest BCUT2D eigenvalue weighted by atomic mass is 9.83. The number of hydrogen-bond acceptors (Lipinski definition) is 0. The summed E-state index contributed by atoms with van der Waals surface area (Å²) in [6, 6.07) is 102. The van der Waals surface area contributed by atoms with Crippen molar-refractivity contribution in [2.24, 2.45) is 0 Å². The van der Waals surface area contributed by atoms with Gasteiger partial charge in [-0.1, -0.05) is 289 Å². The molecule has 0 aliphatic heterocycles. The smallest absolute Gasteiger partial charge is 0.0634 e. The van der Waals surface area contributed by atoms with Crippen LogP contribution >= 0.6 is 0 Å². The second-order valence-corrected chi connectivity index (χ2v) is 31.3. The van der Waals surface area contributed by atoms with Crippen molar-refractivity contribution >= 4 is 76.2 Å². The van der Waals surface area contributed by atoms with Crippen molar-refractivity contribution in [1.82, 2.24) is 8.80 Å². The molecule has 0 amide bonds. The predicted molar refractivity (Wildman–Crippen MR) is 414 cm³/mol. The Bertz CT molecular complexity index is 5400. The van der Waals surface area contributed by atoms with E-state index in [9.17, 15) is 0 Å². The third-order valence-corrected chi connectivity index (χ3v) is 21.0. The van der Waals surface area contributed by atoms with Crippen molar-refractivity contribution < 1.29 is 0 Å². The first-order valence-corrected chi connectivity index (χ1v) is 34.4. The summed E-state index contributed by atoms with van der Waals surface area (Å²) in [5.74, 6) is 0. The average Bonchev–Trinajstić information content (AvgIpc) is 1.49. The van der Waals surface area contributed by atoms with Crippen LogP contribution in [0.2, 0.25) is 0 Å². The van der Waals surface area contributed by atoms with Gasteiger partial charge in [0.1, 0.15) is 0 Å². The second-order valence-electron chi connectivity index (χ2n) is 31.3. The van der Waals surface area contributed by atoms with E-state index in [2.05, 4.69) is 359 Å². The van der Waals surface area contributed by atoms with Gasteiger partial charge >= 0.3 is 0 Å². The molecule has 0 spiro atoms. The Morgan fingerprint density at radius 1 is 0.198 bits per heavy atom. The van der Waals surface area contributed by atoms with Gasteiger partial charge in [-0.05, 0) is 194 Å². The van der Waals surface area contributed by atoms with Crippen LogP contribution in [0.5, 0.6) is 0 Å². The molecule has 96 heavy (non-hydrogen) atoms. The summed E-state index contributed by atoms with van der Waals surface area (Å²) in [7, 11) is 0. The number of hydrogen-bond donors (Lipinski definition) is 0. The lowest BCUT2D eigenvalue weighted by molar-refractivity contribution is 0.590. The summed E-state index contributed by atoms with van der Waals surface area (Å²) in [5, 5.41) is 10.3. The van der Waals surface area contributed by atoms with E-state index in [1.54, 1.807) is 0 Å². The topological polar surface area (TPSA) is 8.82 Å². The maximum absolute atomic E-state index is 2.66. The highest BCUT2D eigenvalue weighted by Gasteiger charge is 2.32. The molecule has 4 aromatic heterocycles. The molecule has 0 fully saturated rings. The number of aromatic nitrogens is 2. The van der Waals surface area contributed by atoms with E-state index in [0.29, 0.717) is 0 Å². The molecule has 0 bridgehead atoms. The lowest BCUT2D eigenvalue weighted by Crippen LogP contribution is -2.10. The average molecular weight is 1240 g/mol. The first kappa shape index (κ1) is 59.2. The van der Waals surface area contributed by atoms with Gasteiger partial charge < -0.3 is 8.80 Å². The molecule has 0 N–H and O–H groups in total. The van der Waals surface area contributed by atoms with Crippen LogP contribution < -0.4 is 0 Å². The van der Waals surface area contributed by atoms with Crippen molar-refractivity contribution in [1.29, 1.82) is 0 Å². The Kier molecular flexibility index (Phi) is 13.3. The Morgan fingerprint density at radius 2 is 0.469 bits per heavy atom. The molecule has 0 saturated carbocycles. The van der Waals surface area contributed by atoms with Crippen molar-refractivity contribution in [3.63, 3.8) is 0 Å². The van der Waals surface area contributed by atoms with Crippen molar-refractivity contribution in [2.75, 3.05) is 0 Å². The second kappa shape index (κ2) is 21.5. The summed E-state index contributed by atoms with van der Waals surface area (Å²) in [4.78, 5) is 0. The molecule has 13 aromatic carbocycles. The van der Waals surface area contributed by atoms with Gasteiger partial charge in [0.05, 0.1) is 33.1 Å². The van der Waals surface area contributed by atoms with Gasteiger partial charge in [0.15, 0.2) is 0 Å². The molecule has 0 atom stereocenters. The molecule has 0 saturated heterocycles. The minimum absolute atomic E-state index is 0.0458. The van der Waals surface area contributed by atoms with Gasteiger partial charge in [-0.2, -0.15) is 0 Å². The van der Waals surface area contributed by atoms with Gasteiger partial charge in [-0.25, -0.2) is 0 Å². The zero-order chi connectivity index (χ0) is 65.9. The van der Waals surface area contributed by atoms with Crippen LogP contribution in [-0.4, -0.2) is 8.80 Å². The van der Waals surface area contributed by atoms with Crippen LogP contribution in [0, 0.1) is 0 Å². The van der Waals surface area contributed by atoms with Crippen LogP contribution in [0.3, 0.4) is 0 Å². The van der Waals surface area contributed by atoms with E-state index in [4.69, 9.17) is 0 Å². The Morgan fingerprint density at radius 3 is 0.760 bits per heavy atom. The van der Waals surface area contributed by atoms with Crippen molar-refractivity contribution in [2.45, 2.75) is 105 Å². The van der Waals surface area contributed by atoms with E-state index in [-0.39, 0.29) is 21.7 Å². The van der Waals surface area contributed by atoms with Gasteiger partial charge in [-0.3, -0.25) is 0 Å². The minimum atomic E-state index is -0.0829. The van der Waals surface area contributed by atoms with Gasteiger partial charge in [0.25, 0.3) is 0 Å². The first-order chi connectivity index (χ1) is 46.2. The number of rotatable bonds is 8. The summed E-state index contributed by atoms with van der Waals surface area (Å²) in [6.45, 7) is 27.9. The molecule has 2 nitrogen and oxygen atoms in total. The fourth-order valence-corrected chi connectivity index (χ4v) is 15.9. The summed E-state index contributed by atoms with van der Waals surface area (Å²) in [6.07, 6.45) is 0. The van der Waals surface area contributed by atoms with Crippen LogP contribution in [0.1, 0.15) is 105 Å². The molecule has 466 valence electrons.